The number of aromatic nitrogens is 1. The monoisotopic (exact) mass is 214 g/mol. The van der Waals surface area contributed by atoms with Crippen molar-refractivity contribution in [1.29, 1.82) is 0 Å². The minimum atomic E-state index is -1.40. The van der Waals surface area contributed by atoms with Crippen LogP contribution >= 0.6 is 11.3 Å². The van der Waals surface area contributed by atoms with Crippen molar-refractivity contribution in [2.75, 3.05) is 19.0 Å². The molecule has 14 heavy (non-hydrogen) atoms. The SMILES string of the molecule is CN(C)c1ncc(CC(=O)C(=O)O)s1. The molecule has 1 aromatic rings. The second kappa shape index (κ2) is 4.19. The van der Waals surface area contributed by atoms with Gasteiger partial charge >= 0.3 is 5.97 Å². The van der Waals surface area contributed by atoms with Crippen LogP contribution in [0.3, 0.4) is 0 Å². The fourth-order valence-corrected chi connectivity index (χ4v) is 1.65. The van der Waals surface area contributed by atoms with Crippen LogP contribution in [0.1, 0.15) is 4.88 Å². The van der Waals surface area contributed by atoms with E-state index in [1.165, 1.54) is 17.5 Å². The third kappa shape index (κ3) is 2.53. The first kappa shape index (κ1) is 10.6. The fourth-order valence-electron chi connectivity index (χ4n) is 0.820. The Morgan fingerprint density at radius 1 is 1.57 bits per heavy atom. The van der Waals surface area contributed by atoms with Crippen LogP contribution < -0.4 is 4.90 Å². The molecule has 1 aromatic heterocycles. The number of carbonyl (C=O) groups is 2. The number of Topliss-reactive ketones (excluding diaryl/α,β-unsaturated/α-hetero) is 1. The Bertz CT molecular complexity index is 359. The normalized spacial score (nSPS) is 9.86. The molecule has 0 aromatic carbocycles. The molecule has 0 unspecified atom stereocenters. The summed E-state index contributed by atoms with van der Waals surface area (Å²) in [6, 6.07) is 0. The van der Waals surface area contributed by atoms with E-state index in [0.29, 0.717) is 4.88 Å². The number of carbonyl (C=O) groups excluding carboxylic acids is 1. The van der Waals surface area contributed by atoms with Gasteiger partial charge in [0.15, 0.2) is 5.13 Å². The molecule has 0 aliphatic heterocycles. The van der Waals surface area contributed by atoms with Gasteiger partial charge in [0.1, 0.15) is 0 Å². The first-order valence-electron chi connectivity index (χ1n) is 3.89. The van der Waals surface area contributed by atoms with Crippen LogP contribution in [0.15, 0.2) is 6.20 Å². The molecule has 5 nitrogen and oxygen atoms in total. The van der Waals surface area contributed by atoms with Crippen molar-refractivity contribution in [3.63, 3.8) is 0 Å². The maximum Gasteiger partial charge on any atom is 0.372 e. The summed E-state index contributed by atoms with van der Waals surface area (Å²) in [5, 5.41) is 9.15. The summed E-state index contributed by atoms with van der Waals surface area (Å²) >= 11 is 1.32. The lowest BCUT2D eigenvalue weighted by Gasteiger charge is -2.04. The van der Waals surface area contributed by atoms with Crippen molar-refractivity contribution < 1.29 is 14.7 Å². The molecule has 1 heterocycles. The van der Waals surface area contributed by atoms with Gasteiger partial charge in [-0.3, -0.25) is 4.79 Å². The molecule has 0 aliphatic rings. The van der Waals surface area contributed by atoms with Gasteiger partial charge in [0, 0.05) is 25.2 Å². The molecule has 0 fully saturated rings. The lowest BCUT2D eigenvalue weighted by atomic mass is 10.3. The average molecular weight is 214 g/mol. The maximum absolute atomic E-state index is 10.9. The Balaban J connectivity index is 2.69. The van der Waals surface area contributed by atoms with Crippen molar-refractivity contribution in [3.8, 4) is 0 Å². The quantitative estimate of drug-likeness (QED) is 0.735. The van der Waals surface area contributed by atoms with E-state index < -0.39 is 11.8 Å². The second-order valence-corrected chi connectivity index (χ2v) is 4.00. The molecule has 0 saturated heterocycles. The highest BCUT2D eigenvalue weighted by Crippen LogP contribution is 2.20. The van der Waals surface area contributed by atoms with E-state index >= 15 is 0 Å². The largest absolute Gasteiger partial charge is 0.475 e. The Morgan fingerprint density at radius 3 is 2.64 bits per heavy atom. The average Bonchev–Trinajstić information content (AvgIpc) is 2.52. The number of aliphatic carboxylic acids is 1. The molecule has 0 amide bonds. The van der Waals surface area contributed by atoms with Crippen LogP contribution in [0.2, 0.25) is 0 Å². The van der Waals surface area contributed by atoms with Gasteiger partial charge in [-0.25, -0.2) is 9.78 Å². The number of nitrogens with zero attached hydrogens (tertiary/aromatic N) is 2. The summed E-state index contributed by atoms with van der Waals surface area (Å²) in [5.41, 5.74) is 0. The number of ketones is 1. The van der Waals surface area contributed by atoms with E-state index in [-0.39, 0.29) is 6.42 Å². The van der Waals surface area contributed by atoms with Crippen LogP contribution in [0.5, 0.6) is 0 Å². The van der Waals surface area contributed by atoms with Crippen LogP contribution in [0, 0.1) is 0 Å². The van der Waals surface area contributed by atoms with Crippen molar-refractivity contribution in [1.82, 2.24) is 4.98 Å². The zero-order chi connectivity index (χ0) is 10.7. The van der Waals surface area contributed by atoms with Crippen molar-refractivity contribution in [2.45, 2.75) is 6.42 Å². The molecule has 0 bridgehead atoms. The highest BCUT2D eigenvalue weighted by Gasteiger charge is 2.14. The van der Waals surface area contributed by atoms with Gasteiger partial charge in [0.05, 0.1) is 6.42 Å². The summed E-state index contributed by atoms with van der Waals surface area (Å²) in [6.07, 6.45) is 1.45. The minimum Gasteiger partial charge on any atom is -0.475 e. The van der Waals surface area contributed by atoms with Crippen LogP contribution in [-0.4, -0.2) is 35.9 Å². The van der Waals surface area contributed by atoms with Gasteiger partial charge in [0.2, 0.25) is 5.78 Å². The van der Waals surface area contributed by atoms with Gasteiger partial charge in [-0.1, -0.05) is 0 Å². The predicted molar refractivity (Wildman–Crippen MR) is 52.8 cm³/mol. The zero-order valence-corrected chi connectivity index (χ0v) is 8.67. The highest BCUT2D eigenvalue weighted by molar-refractivity contribution is 7.15. The summed E-state index contributed by atoms with van der Waals surface area (Å²) in [6.45, 7) is 0. The summed E-state index contributed by atoms with van der Waals surface area (Å²) in [4.78, 5) is 27.6. The van der Waals surface area contributed by atoms with Crippen molar-refractivity contribution in [2.24, 2.45) is 0 Å². The zero-order valence-electron chi connectivity index (χ0n) is 7.85. The van der Waals surface area contributed by atoms with Crippen LogP contribution in [-0.2, 0) is 16.0 Å². The maximum atomic E-state index is 10.9. The number of hydrogen-bond acceptors (Lipinski definition) is 5. The molecule has 0 radical (unpaired) electrons. The Morgan fingerprint density at radius 2 is 2.21 bits per heavy atom. The van der Waals surface area contributed by atoms with E-state index in [0.717, 1.165) is 5.13 Å². The molecule has 76 valence electrons. The van der Waals surface area contributed by atoms with Gasteiger partial charge in [0.25, 0.3) is 0 Å². The lowest BCUT2D eigenvalue weighted by molar-refractivity contribution is -0.148. The Hall–Kier alpha value is -1.43. The van der Waals surface area contributed by atoms with Gasteiger partial charge in [-0.05, 0) is 0 Å². The molecule has 1 N–H and O–H groups in total. The third-order valence-corrected chi connectivity index (χ3v) is 2.66. The van der Waals surface area contributed by atoms with E-state index in [2.05, 4.69) is 4.98 Å². The molecular formula is C8H10N2O3S. The van der Waals surface area contributed by atoms with Gasteiger partial charge in [-0.15, -0.1) is 11.3 Å². The number of thiazole rings is 1. The van der Waals surface area contributed by atoms with Crippen molar-refractivity contribution in [3.05, 3.63) is 11.1 Å². The molecule has 6 heteroatoms. The number of carboxylic acids is 1. The highest BCUT2D eigenvalue weighted by atomic mass is 32.1. The second-order valence-electron chi connectivity index (χ2n) is 2.91. The standard InChI is InChI=1S/C8H10N2O3S/c1-10(2)8-9-4-5(14-8)3-6(11)7(12)13/h4H,3H2,1-2H3,(H,12,13). The first-order valence-corrected chi connectivity index (χ1v) is 4.70. The van der Waals surface area contributed by atoms with Crippen LogP contribution in [0.4, 0.5) is 5.13 Å². The summed E-state index contributed by atoms with van der Waals surface area (Å²) in [5.74, 6) is -2.20. The summed E-state index contributed by atoms with van der Waals surface area (Å²) in [7, 11) is 3.67. The van der Waals surface area contributed by atoms with E-state index in [4.69, 9.17) is 5.11 Å². The molecule has 0 aliphatic carbocycles. The van der Waals surface area contributed by atoms with Crippen molar-refractivity contribution >= 4 is 28.2 Å². The van der Waals surface area contributed by atoms with Crippen LogP contribution in [0.25, 0.3) is 0 Å². The topological polar surface area (TPSA) is 70.5 Å². The summed E-state index contributed by atoms with van der Waals surface area (Å²) < 4.78 is 0. The minimum absolute atomic E-state index is 0.0825. The Kier molecular flexibility index (Phi) is 3.19. The number of hydrogen-bond donors (Lipinski definition) is 1. The molecule has 0 spiro atoms. The van der Waals surface area contributed by atoms with E-state index in [1.807, 2.05) is 14.1 Å². The van der Waals surface area contributed by atoms with E-state index in [9.17, 15) is 9.59 Å². The first-order chi connectivity index (χ1) is 6.50. The third-order valence-electron chi connectivity index (χ3n) is 1.50. The van der Waals surface area contributed by atoms with Gasteiger partial charge in [-0.2, -0.15) is 0 Å². The fraction of sp³-hybridized carbons (Fsp3) is 0.375. The number of rotatable bonds is 4. The molecule has 1 rings (SSSR count). The Labute approximate surface area is 85.0 Å². The smallest absolute Gasteiger partial charge is 0.372 e. The number of anilines is 1. The number of carboxylic acid groups (broad SMARTS) is 1. The molecular weight excluding hydrogens is 204 g/mol. The molecule has 0 saturated carbocycles. The predicted octanol–water partition coefficient (Wildman–Crippen LogP) is 0.405. The lowest BCUT2D eigenvalue weighted by Crippen LogP contribution is -2.14. The van der Waals surface area contributed by atoms with Gasteiger partial charge < -0.3 is 10.0 Å². The molecule has 0 atom stereocenters. The van der Waals surface area contributed by atoms with E-state index in [1.54, 1.807) is 4.90 Å².